The molecule has 6 nitrogen and oxygen atoms in total. The molecule has 0 radical (unpaired) electrons. The molecule has 1 amide bonds. The maximum absolute atomic E-state index is 13.7. The second kappa shape index (κ2) is 10.2. The smallest absolute Gasteiger partial charge is 0.267 e. The van der Waals surface area contributed by atoms with Gasteiger partial charge in [0, 0.05) is 9.35 Å². The number of halogens is 1. The fourth-order valence-corrected chi connectivity index (χ4v) is 6.35. The molecule has 2 aromatic carbocycles. The van der Waals surface area contributed by atoms with Gasteiger partial charge in [0.25, 0.3) is 11.5 Å². The predicted octanol–water partition coefficient (Wildman–Crippen LogP) is 5.33. The summed E-state index contributed by atoms with van der Waals surface area (Å²) in [5.74, 6) is -0.175. The van der Waals surface area contributed by atoms with Crippen LogP contribution in [0.4, 0.5) is 0 Å². The number of thiophene rings is 1. The Balaban J connectivity index is 1.41. The summed E-state index contributed by atoms with van der Waals surface area (Å²) in [5, 5.41) is 5.28. The first-order valence-electron chi connectivity index (χ1n) is 10.9. The van der Waals surface area contributed by atoms with Gasteiger partial charge in [-0.3, -0.25) is 14.2 Å². The largest absolute Gasteiger partial charge is 0.272 e. The summed E-state index contributed by atoms with van der Waals surface area (Å²) >= 11 is 6.25. The minimum absolute atomic E-state index is 0.0632. The molecule has 172 valence electrons. The topological polar surface area (TPSA) is 76.3 Å². The van der Waals surface area contributed by atoms with E-state index in [0.29, 0.717) is 5.16 Å². The van der Waals surface area contributed by atoms with Crippen molar-refractivity contribution in [3.8, 4) is 5.69 Å². The van der Waals surface area contributed by atoms with Gasteiger partial charge in [0.1, 0.15) is 4.83 Å². The Hall–Kier alpha value is -2.75. The third kappa shape index (κ3) is 4.87. The highest BCUT2D eigenvalue weighted by Crippen LogP contribution is 2.35. The van der Waals surface area contributed by atoms with Crippen molar-refractivity contribution in [1.29, 1.82) is 0 Å². The van der Waals surface area contributed by atoms with Gasteiger partial charge in [0.2, 0.25) is 0 Å². The first kappa shape index (κ1) is 23.0. The van der Waals surface area contributed by atoms with Crippen molar-refractivity contribution >= 4 is 61.4 Å². The summed E-state index contributed by atoms with van der Waals surface area (Å²) in [6.07, 6.45) is 5.76. The maximum Gasteiger partial charge on any atom is 0.267 e. The zero-order chi connectivity index (χ0) is 23.5. The van der Waals surface area contributed by atoms with E-state index in [2.05, 4.69) is 26.5 Å². The molecule has 0 aliphatic heterocycles. The molecule has 0 saturated heterocycles. The number of para-hydroxylation sites is 1. The van der Waals surface area contributed by atoms with Crippen molar-refractivity contribution in [1.82, 2.24) is 15.0 Å². The number of carbonyl (C=O) groups is 1. The van der Waals surface area contributed by atoms with Crippen LogP contribution in [0.25, 0.3) is 15.9 Å². The fraction of sp³-hybridized carbons (Fsp3) is 0.200. The van der Waals surface area contributed by atoms with Crippen LogP contribution in [0.3, 0.4) is 0 Å². The fourth-order valence-electron chi connectivity index (χ4n) is 3.98. The van der Waals surface area contributed by atoms with E-state index in [1.165, 1.54) is 16.6 Å². The highest BCUT2D eigenvalue weighted by Gasteiger charge is 2.23. The Bertz CT molecular complexity index is 1430. The van der Waals surface area contributed by atoms with Crippen molar-refractivity contribution in [2.75, 3.05) is 5.75 Å². The number of hydrogen-bond donors (Lipinski definition) is 1. The number of fused-ring (bicyclic) bond motifs is 3. The van der Waals surface area contributed by atoms with Gasteiger partial charge in [-0.15, -0.1) is 11.3 Å². The van der Waals surface area contributed by atoms with Crippen LogP contribution in [0.1, 0.15) is 28.8 Å². The Morgan fingerprint density at radius 3 is 2.71 bits per heavy atom. The highest BCUT2D eigenvalue weighted by molar-refractivity contribution is 9.10. The van der Waals surface area contributed by atoms with Crippen LogP contribution in [-0.4, -0.2) is 27.4 Å². The summed E-state index contributed by atoms with van der Waals surface area (Å²) in [4.78, 5) is 33.0. The number of aromatic nitrogens is 2. The third-order valence-electron chi connectivity index (χ3n) is 5.58. The standard InChI is InChI=1S/C25H21BrN4O2S2/c26-17-12-10-16(11-13-17)14-27-29-21(31)15-33-25-28-23-22(19-8-4-5-9-20(19)34-23)24(32)30(25)18-6-2-1-3-7-18/h1-3,6-7,10-14H,4-5,8-9,15H2,(H,29,31). The normalized spacial score (nSPS) is 13.3. The lowest BCUT2D eigenvalue weighted by Crippen LogP contribution is -2.24. The minimum Gasteiger partial charge on any atom is -0.272 e. The summed E-state index contributed by atoms with van der Waals surface area (Å²) in [7, 11) is 0. The van der Waals surface area contributed by atoms with Gasteiger partial charge in [-0.25, -0.2) is 10.4 Å². The number of thioether (sulfide) groups is 1. The van der Waals surface area contributed by atoms with Crippen LogP contribution in [-0.2, 0) is 17.6 Å². The molecule has 1 aliphatic rings. The number of benzene rings is 2. The first-order chi connectivity index (χ1) is 16.6. The number of rotatable bonds is 6. The number of hydrogen-bond acceptors (Lipinski definition) is 6. The van der Waals surface area contributed by atoms with Crippen LogP contribution < -0.4 is 11.0 Å². The van der Waals surface area contributed by atoms with E-state index in [9.17, 15) is 9.59 Å². The quantitative estimate of drug-likeness (QED) is 0.152. The van der Waals surface area contributed by atoms with Gasteiger partial charge in [-0.05, 0) is 61.1 Å². The molecule has 0 atom stereocenters. The summed E-state index contributed by atoms with van der Waals surface area (Å²) in [6.45, 7) is 0. The summed E-state index contributed by atoms with van der Waals surface area (Å²) in [6, 6.07) is 17.1. The molecule has 0 unspecified atom stereocenters. The number of hydrazone groups is 1. The lowest BCUT2D eigenvalue weighted by atomic mass is 9.97. The molecule has 2 aromatic heterocycles. The summed E-state index contributed by atoms with van der Waals surface area (Å²) in [5.41, 5.74) is 5.27. The molecule has 4 aromatic rings. The van der Waals surface area contributed by atoms with E-state index in [-0.39, 0.29) is 17.2 Å². The molecular formula is C25H21BrN4O2S2. The molecule has 1 N–H and O–H groups in total. The van der Waals surface area contributed by atoms with E-state index in [4.69, 9.17) is 4.98 Å². The maximum atomic E-state index is 13.7. The zero-order valence-corrected chi connectivity index (χ0v) is 21.4. The Labute approximate surface area is 213 Å². The van der Waals surface area contributed by atoms with Crippen LogP contribution in [0.2, 0.25) is 0 Å². The molecule has 1 aliphatic carbocycles. The molecule has 34 heavy (non-hydrogen) atoms. The zero-order valence-electron chi connectivity index (χ0n) is 18.2. The number of amides is 1. The van der Waals surface area contributed by atoms with Gasteiger partial charge in [0.05, 0.1) is 23.0 Å². The average Bonchev–Trinajstić information content (AvgIpc) is 3.23. The SMILES string of the molecule is O=C(CSc1nc2sc3c(c2c(=O)n1-c1ccccc1)CCCC3)NN=Cc1ccc(Br)cc1. The number of nitrogens with zero attached hydrogens (tertiary/aromatic N) is 3. The molecule has 0 spiro atoms. The minimum atomic E-state index is -0.266. The lowest BCUT2D eigenvalue weighted by Gasteiger charge is -2.13. The Kier molecular flexibility index (Phi) is 6.94. The molecule has 0 bridgehead atoms. The number of aryl methyl sites for hydroxylation is 2. The Morgan fingerprint density at radius 2 is 1.91 bits per heavy atom. The summed E-state index contributed by atoms with van der Waals surface area (Å²) < 4.78 is 2.61. The van der Waals surface area contributed by atoms with Crippen molar-refractivity contribution in [3.05, 3.63) is 85.4 Å². The van der Waals surface area contributed by atoms with E-state index >= 15 is 0 Å². The van der Waals surface area contributed by atoms with Crippen molar-refractivity contribution in [3.63, 3.8) is 0 Å². The molecule has 9 heteroatoms. The molecule has 2 heterocycles. The van der Waals surface area contributed by atoms with Crippen molar-refractivity contribution in [2.24, 2.45) is 5.10 Å². The van der Waals surface area contributed by atoms with Crippen LogP contribution in [0.5, 0.6) is 0 Å². The van der Waals surface area contributed by atoms with Crippen LogP contribution in [0.15, 0.2) is 74.1 Å². The van der Waals surface area contributed by atoms with E-state index < -0.39 is 0 Å². The Morgan fingerprint density at radius 1 is 1.15 bits per heavy atom. The molecule has 0 fully saturated rings. The van der Waals surface area contributed by atoms with Crippen molar-refractivity contribution in [2.45, 2.75) is 30.8 Å². The van der Waals surface area contributed by atoms with E-state index in [0.717, 1.165) is 57.2 Å². The molecular weight excluding hydrogens is 532 g/mol. The first-order valence-corrected chi connectivity index (χ1v) is 13.5. The average molecular weight is 554 g/mol. The van der Waals surface area contributed by atoms with E-state index in [1.807, 2.05) is 54.6 Å². The van der Waals surface area contributed by atoms with Crippen LogP contribution >= 0.6 is 39.0 Å². The highest BCUT2D eigenvalue weighted by atomic mass is 79.9. The lowest BCUT2D eigenvalue weighted by molar-refractivity contribution is -0.118. The van der Waals surface area contributed by atoms with Gasteiger partial charge in [-0.2, -0.15) is 5.10 Å². The van der Waals surface area contributed by atoms with Gasteiger partial charge in [0.15, 0.2) is 5.16 Å². The number of carbonyl (C=O) groups excluding carboxylic acids is 1. The van der Waals surface area contributed by atoms with Crippen LogP contribution in [0, 0.1) is 0 Å². The number of nitrogens with one attached hydrogen (secondary N) is 1. The monoisotopic (exact) mass is 552 g/mol. The third-order valence-corrected chi connectivity index (χ3v) is 8.23. The second-order valence-corrected chi connectivity index (χ2v) is 10.8. The van der Waals surface area contributed by atoms with Crippen molar-refractivity contribution < 1.29 is 4.79 Å². The van der Waals surface area contributed by atoms with Gasteiger partial charge in [-0.1, -0.05) is 58.0 Å². The molecule has 0 saturated carbocycles. The second-order valence-electron chi connectivity index (χ2n) is 7.89. The van der Waals surface area contributed by atoms with Gasteiger partial charge < -0.3 is 0 Å². The van der Waals surface area contributed by atoms with Gasteiger partial charge >= 0.3 is 0 Å². The van der Waals surface area contributed by atoms with E-state index in [1.54, 1.807) is 22.1 Å². The molecule has 5 rings (SSSR count). The predicted molar refractivity (Wildman–Crippen MR) is 142 cm³/mol.